The summed E-state index contributed by atoms with van der Waals surface area (Å²) in [7, 11) is 0. The molecule has 1 aromatic carbocycles. The van der Waals surface area contributed by atoms with Crippen LogP contribution in [0.3, 0.4) is 0 Å². The molecule has 0 spiro atoms. The van der Waals surface area contributed by atoms with E-state index in [2.05, 4.69) is 25.9 Å². The van der Waals surface area contributed by atoms with Crippen LogP contribution in [0.15, 0.2) is 41.3 Å². The Balaban J connectivity index is 1.71. The number of hydrogen-bond donors (Lipinski definition) is 4. The average molecular weight is 327 g/mol. The highest BCUT2D eigenvalue weighted by Crippen LogP contribution is 2.18. The Bertz CT molecular complexity index is 876. The molecule has 2 aromatic rings. The summed E-state index contributed by atoms with van der Waals surface area (Å²) >= 11 is 0. The first kappa shape index (κ1) is 15.4. The number of hydrogen-bond acceptors (Lipinski definition) is 5. The Morgan fingerprint density at radius 3 is 2.75 bits per heavy atom. The van der Waals surface area contributed by atoms with Crippen LogP contribution in [0.25, 0.3) is 0 Å². The topological polar surface area (TPSA) is 133 Å². The number of carbonyl (C=O) groups excluding carboxylic acids is 3. The molecule has 2 heterocycles. The van der Waals surface area contributed by atoms with Crippen LogP contribution in [0.2, 0.25) is 0 Å². The van der Waals surface area contributed by atoms with E-state index < -0.39 is 29.3 Å². The van der Waals surface area contributed by atoms with Crippen molar-refractivity contribution in [1.82, 2.24) is 15.3 Å². The van der Waals surface area contributed by atoms with Crippen LogP contribution < -0.4 is 21.5 Å². The van der Waals surface area contributed by atoms with Gasteiger partial charge in [0.15, 0.2) is 0 Å². The van der Waals surface area contributed by atoms with Crippen LogP contribution >= 0.6 is 0 Å². The third kappa shape index (κ3) is 3.29. The van der Waals surface area contributed by atoms with Crippen LogP contribution in [-0.2, 0) is 9.59 Å². The molecule has 1 atom stereocenters. The van der Waals surface area contributed by atoms with Crippen molar-refractivity contribution < 1.29 is 14.4 Å². The number of H-pyrrole nitrogens is 1. The van der Waals surface area contributed by atoms with Gasteiger partial charge in [-0.15, -0.1) is 0 Å². The SMILES string of the molecule is O=C(C[C@@H]1NC(=O)c2ccccc2NC1=O)Nc1nccc(=O)[nH]1. The number of carbonyl (C=O) groups is 3. The molecule has 122 valence electrons. The Morgan fingerprint density at radius 2 is 1.96 bits per heavy atom. The van der Waals surface area contributed by atoms with Gasteiger partial charge in [0.05, 0.1) is 17.7 Å². The van der Waals surface area contributed by atoms with Gasteiger partial charge in [-0.3, -0.25) is 29.5 Å². The first-order valence-corrected chi connectivity index (χ1v) is 7.09. The first-order chi connectivity index (χ1) is 11.5. The van der Waals surface area contributed by atoms with Crippen LogP contribution in [0.1, 0.15) is 16.8 Å². The van der Waals surface area contributed by atoms with Crippen molar-refractivity contribution >= 4 is 29.4 Å². The number of para-hydroxylation sites is 1. The summed E-state index contributed by atoms with van der Waals surface area (Å²) in [6.07, 6.45) is 0.940. The average Bonchev–Trinajstić information content (AvgIpc) is 2.65. The van der Waals surface area contributed by atoms with Crippen molar-refractivity contribution in [3.8, 4) is 0 Å². The summed E-state index contributed by atoms with van der Waals surface area (Å²) in [5.74, 6) is -1.56. The fraction of sp³-hybridized carbons (Fsp3) is 0.133. The Hall–Kier alpha value is -3.49. The van der Waals surface area contributed by atoms with Crippen LogP contribution in [0, 0.1) is 0 Å². The van der Waals surface area contributed by atoms with Crippen molar-refractivity contribution in [3.05, 3.63) is 52.4 Å². The molecular weight excluding hydrogens is 314 g/mol. The second-order valence-electron chi connectivity index (χ2n) is 5.10. The van der Waals surface area contributed by atoms with Crippen LogP contribution in [-0.4, -0.2) is 33.7 Å². The molecule has 0 radical (unpaired) electrons. The summed E-state index contributed by atoms with van der Waals surface area (Å²) in [4.78, 5) is 53.6. The summed E-state index contributed by atoms with van der Waals surface area (Å²) in [5, 5.41) is 7.48. The van der Waals surface area contributed by atoms with E-state index in [4.69, 9.17) is 0 Å². The fourth-order valence-corrected chi connectivity index (χ4v) is 2.26. The first-order valence-electron chi connectivity index (χ1n) is 7.09. The number of nitrogens with zero attached hydrogens (tertiary/aromatic N) is 1. The highest BCUT2D eigenvalue weighted by Gasteiger charge is 2.29. The number of aromatic nitrogens is 2. The molecule has 9 heteroatoms. The van der Waals surface area contributed by atoms with Crippen molar-refractivity contribution in [2.75, 3.05) is 10.6 Å². The van der Waals surface area contributed by atoms with Crippen molar-refractivity contribution in [1.29, 1.82) is 0 Å². The zero-order valence-electron chi connectivity index (χ0n) is 12.3. The maximum atomic E-state index is 12.2. The molecule has 1 aliphatic rings. The minimum Gasteiger partial charge on any atom is -0.340 e. The van der Waals surface area contributed by atoms with Gasteiger partial charge in [-0.25, -0.2) is 4.98 Å². The van der Waals surface area contributed by atoms with Gasteiger partial charge in [-0.05, 0) is 12.1 Å². The molecule has 1 aliphatic heterocycles. The predicted molar refractivity (Wildman–Crippen MR) is 84.4 cm³/mol. The molecule has 0 saturated heterocycles. The normalized spacial score (nSPS) is 16.4. The van der Waals surface area contributed by atoms with Crippen LogP contribution in [0.5, 0.6) is 0 Å². The van der Waals surface area contributed by atoms with Gasteiger partial charge in [0.25, 0.3) is 11.5 Å². The highest BCUT2D eigenvalue weighted by atomic mass is 16.2. The van der Waals surface area contributed by atoms with Crippen molar-refractivity contribution in [2.24, 2.45) is 0 Å². The number of rotatable bonds is 3. The number of fused-ring (bicyclic) bond motifs is 1. The summed E-state index contributed by atoms with van der Waals surface area (Å²) in [6.45, 7) is 0. The van der Waals surface area contributed by atoms with E-state index in [9.17, 15) is 19.2 Å². The summed E-state index contributed by atoms with van der Waals surface area (Å²) in [5.41, 5.74) is 0.288. The van der Waals surface area contributed by atoms with E-state index in [0.717, 1.165) is 0 Å². The maximum Gasteiger partial charge on any atom is 0.254 e. The monoisotopic (exact) mass is 327 g/mol. The second-order valence-corrected chi connectivity index (χ2v) is 5.10. The molecule has 0 saturated carbocycles. The number of amides is 3. The minimum absolute atomic E-state index is 0.0313. The van der Waals surface area contributed by atoms with Gasteiger partial charge in [-0.1, -0.05) is 12.1 Å². The zero-order valence-corrected chi connectivity index (χ0v) is 12.3. The number of benzene rings is 1. The number of anilines is 2. The maximum absolute atomic E-state index is 12.2. The van der Waals surface area contributed by atoms with Gasteiger partial charge >= 0.3 is 0 Å². The standard InChI is InChI=1S/C15H13N5O4/c21-11-5-6-16-15(19-11)20-12(22)7-10-14(24)17-9-4-2-1-3-8(9)13(23)18-10/h1-6,10H,7H2,(H,17,24)(H,18,23)(H2,16,19,20,21,22)/t10-/m0/s1. The molecule has 9 nitrogen and oxygen atoms in total. The quantitative estimate of drug-likeness (QED) is 0.622. The molecule has 4 N–H and O–H groups in total. The van der Waals surface area contributed by atoms with Gasteiger partial charge in [-0.2, -0.15) is 0 Å². The Labute approximate surface area is 135 Å². The van der Waals surface area contributed by atoms with Crippen LogP contribution in [0.4, 0.5) is 11.6 Å². The highest BCUT2D eigenvalue weighted by molar-refractivity contribution is 6.11. The molecular formula is C15H13N5O4. The lowest BCUT2D eigenvalue weighted by Gasteiger charge is -2.13. The van der Waals surface area contributed by atoms with E-state index in [0.29, 0.717) is 11.3 Å². The smallest absolute Gasteiger partial charge is 0.254 e. The molecule has 3 rings (SSSR count). The van der Waals surface area contributed by atoms with Gasteiger partial charge in [0.1, 0.15) is 6.04 Å². The lowest BCUT2D eigenvalue weighted by molar-refractivity contribution is -0.122. The van der Waals surface area contributed by atoms with E-state index >= 15 is 0 Å². The lowest BCUT2D eigenvalue weighted by atomic mass is 10.1. The Morgan fingerprint density at radius 1 is 1.17 bits per heavy atom. The summed E-state index contributed by atoms with van der Waals surface area (Å²) < 4.78 is 0. The molecule has 1 aromatic heterocycles. The number of nitrogens with one attached hydrogen (secondary N) is 4. The largest absolute Gasteiger partial charge is 0.340 e. The fourth-order valence-electron chi connectivity index (χ4n) is 2.26. The zero-order chi connectivity index (χ0) is 17.1. The minimum atomic E-state index is -1.04. The Kier molecular flexibility index (Phi) is 4.06. The third-order valence-electron chi connectivity index (χ3n) is 3.37. The third-order valence-corrected chi connectivity index (χ3v) is 3.37. The molecule has 0 aliphatic carbocycles. The van der Waals surface area contributed by atoms with E-state index in [1.54, 1.807) is 24.3 Å². The van der Waals surface area contributed by atoms with E-state index in [1.807, 2.05) is 0 Å². The van der Waals surface area contributed by atoms with E-state index in [-0.39, 0.29) is 12.4 Å². The number of aromatic amines is 1. The van der Waals surface area contributed by atoms with Gasteiger partial charge in [0, 0.05) is 12.3 Å². The van der Waals surface area contributed by atoms with Gasteiger partial charge in [0.2, 0.25) is 17.8 Å². The van der Waals surface area contributed by atoms with E-state index in [1.165, 1.54) is 12.3 Å². The van der Waals surface area contributed by atoms with Crippen molar-refractivity contribution in [2.45, 2.75) is 12.5 Å². The molecule has 24 heavy (non-hydrogen) atoms. The summed E-state index contributed by atoms with van der Waals surface area (Å²) in [6, 6.07) is 6.71. The molecule has 0 fully saturated rings. The molecule has 0 unspecified atom stereocenters. The van der Waals surface area contributed by atoms with Gasteiger partial charge < -0.3 is 10.6 Å². The lowest BCUT2D eigenvalue weighted by Crippen LogP contribution is -2.43. The second kappa shape index (κ2) is 6.32. The molecule has 3 amide bonds. The molecule has 0 bridgehead atoms. The van der Waals surface area contributed by atoms with Crippen molar-refractivity contribution in [3.63, 3.8) is 0 Å². The predicted octanol–water partition coefficient (Wildman–Crippen LogP) is -0.151.